The van der Waals surface area contributed by atoms with Crippen LogP contribution in [0.3, 0.4) is 0 Å². The van der Waals surface area contributed by atoms with Gasteiger partial charge in [-0.25, -0.2) is 0 Å². The van der Waals surface area contributed by atoms with E-state index in [2.05, 4.69) is 15.9 Å². The Labute approximate surface area is 136 Å². The summed E-state index contributed by atoms with van der Waals surface area (Å²) >= 11 is 3.38. The highest BCUT2D eigenvalue weighted by molar-refractivity contribution is 9.10. The quantitative estimate of drug-likeness (QED) is 0.635. The summed E-state index contributed by atoms with van der Waals surface area (Å²) in [5.41, 5.74) is 6.47. The third-order valence-corrected chi connectivity index (χ3v) is 3.29. The predicted octanol–water partition coefficient (Wildman–Crippen LogP) is 3.21. The lowest BCUT2D eigenvalue weighted by Crippen LogP contribution is -2.19. The van der Waals surface area contributed by atoms with E-state index in [1.807, 2.05) is 24.3 Å². The van der Waals surface area contributed by atoms with Gasteiger partial charge in [-0.1, -0.05) is 34.1 Å². The van der Waals surface area contributed by atoms with E-state index < -0.39 is 5.91 Å². The molecule has 1 amide bonds. The second-order valence-electron chi connectivity index (χ2n) is 4.53. The molecule has 5 heteroatoms. The molecule has 22 heavy (non-hydrogen) atoms. The number of hydrogen-bond donors (Lipinski definition) is 1. The number of ketones is 1. The first-order chi connectivity index (χ1) is 10.5. The van der Waals surface area contributed by atoms with Crippen LogP contribution in [0.1, 0.15) is 15.9 Å². The van der Waals surface area contributed by atoms with Crippen LogP contribution in [-0.2, 0) is 4.79 Å². The summed E-state index contributed by atoms with van der Waals surface area (Å²) in [6.07, 6.45) is 3.27. The minimum Gasteiger partial charge on any atom is -0.484 e. The minimum absolute atomic E-state index is 0.110. The monoisotopic (exact) mass is 359 g/mol. The molecule has 2 aromatic carbocycles. The van der Waals surface area contributed by atoms with Crippen molar-refractivity contribution in [3.63, 3.8) is 0 Å². The molecule has 0 aliphatic rings. The van der Waals surface area contributed by atoms with Gasteiger partial charge >= 0.3 is 0 Å². The van der Waals surface area contributed by atoms with Crippen LogP contribution in [0.25, 0.3) is 6.08 Å². The Morgan fingerprint density at radius 1 is 1.14 bits per heavy atom. The summed E-state index contributed by atoms with van der Waals surface area (Å²) in [5, 5.41) is 0. The number of carbonyl (C=O) groups is 2. The van der Waals surface area contributed by atoms with E-state index in [-0.39, 0.29) is 12.4 Å². The van der Waals surface area contributed by atoms with Crippen molar-refractivity contribution in [2.24, 2.45) is 5.73 Å². The lowest BCUT2D eigenvalue weighted by atomic mass is 10.1. The van der Waals surface area contributed by atoms with Crippen LogP contribution < -0.4 is 10.5 Å². The van der Waals surface area contributed by atoms with Gasteiger partial charge in [0.25, 0.3) is 5.91 Å². The Balaban J connectivity index is 2.02. The number of ether oxygens (including phenoxy) is 1. The molecule has 2 rings (SSSR count). The van der Waals surface area contributed by atoms with Gasteiger partial charge in [-0.05, 0) is 48.0 Å². The van der Waals surface area contributed by atoms with Crippen molar-refractivity contribution in [2.75, 3.05) is 6.61 Å². The Hall–Kier alpha value is -2.40. The molecule has 0 heterocycles. The highest BCUT2D eigenvalue weighted by Gasteiger charge is 2.03. The molecule has 0 bridgehead atoms. The number of carbonyl (C=O) groups excluding carboxylic acids is 2. The third-order valence-electron chi connectivity index (χ3n) is 2.80. The second kappa shape index (κ2) is 7.56. The molecule has 2 aromatic rings. The van der Waals surface area contributed by atoms with Gasteiger partial charge in [0.05, 0.1) is 0 Å². The number of hydrogen-bond acceptors (Lipinski definition) is 3. The Bertz CT molecular complexity index is 708. The first-order valence-electron chi connectivity index (χ1n) is 6.54. The Morgan fingerprint density at radius 2 is 1.86 bits per heavy atom. The number of benzene rings is 2. The fraction of sp³-hybridized carbons (Fsp3) is 0.0588. The molecule has 0 radical (unpaired) electrons. The zero-order chi connectivity index (χ0) is 15.9. The molecule has 0 aliphatic carbocycles. The fourth-order valence-corrected chi connectivity index (χ4v) is 2.17. The van der Waals surface area contributed by atoms with Crippen molar-refractivity contribution in [1.82, 2.24) is 0 Å². The normalized spacial score (nSPS) is 10.6. The van der Waals surface area contributed by atoms with Crippen LogP contribution in [0.2, 0.25) is 0 Å². The largest absolute Gasteiger partial charge is 0.484 e. The van der Waals surface area contributed by atoms with Gasteiger partial charge in [-0.15, -0.1) is 0 Å². The van der Waals surface area contributed by atoms with Crippen molar-refractivity contribution >= 4 is 33.7 Å². The molecule has 0 saturated carbocycles. The molecule has 0 saturated heterocycles. The Kier molecular flexibility index (Phi) is 5.49. The van der Waals surface area contributed by atoms with Crippen molar-refractivity contribution in [3.8, 4) is 5.75 Å². The average molecular weight is 360 g/mol. The van der Waals surface area contributed by atoms with E-state index in [0.717, 1.165) is 10.0 Å². The predicted molar refractivity (Wildman–Crippen MR) is 88.6 cm³/mol. The average Bonchev–Trinajstić information content (AvgIpc) is 2.51. The third kappa shape index (κ3) is 4.86. The van der Waals surface area contributed by atoms with Gasteiger partial charge in [-0.2, -0.15) is 0 Å². The minimum atomic E-state index is -0.544. The standard InChI is InChI=1S/C17H14BrNO3/c18-14-3-1-2-12(10-14)4-9-16(20)13-5-7-15(8-6-13)22-11-17(19)21/h1-10H,11H2,(H2,19,21)/b9-4+. The summed E-state index contributed by atoms with van der Waals surface area (Å²) in [5.74, 6) is -0.162. The summed E-state index contributed by atoms with van der Waals surface area (Å²) < 4.78 is 6.09. The summed E-state index contributed by atoms with van der Waals surface area (Å²) in [6.45, 7) is -0.184. The van der Waals surface area contributed by atoms with E-state index in [1.54, 1.807) is 30.3 Å². The highest BCUT2D eigenvalue weighted by Crippen LogP contribution is 2.15. The van der Waals surface area contributed by atoms with Crippen LogP contribution in [0.5, 0.6) is 5.75 Å². The maximum Gasteiger partial charge on any atom is 0.255 e. The van der Waals surface area contributed by atoms with Crippen molar-refractivity contribution in [3.05, 3.63) is 70.2 Å². The van der Waals surface area contributed by atoms with Gasteiger partial charge in [-0.3, -0.25) is 9.59 Å². The second-order valence-corrected chi connectivity index (χ2v) is 5.45. The molecule has 0 unspecified atom stereocenters. The first-order valence-corrected chi connectivity index (χ1v) is 7.33. The number of halogens is 1. The van der Waals surface area contributed by atoms with Crippen molar-refractivity contribution in [1.29, 1.82) is 0 Å². The van der Waals surface area contributed by atoms with Crippen molar-refractivity contribution < 1.29 is 14.3 Å². The van der Waals surface area contributed by atoms with Gasteiger partial charge in [0, 0.05) is 10.0 Å². The number of allylic oxidation sites excluding steroid dienone is 1. The van der Waals surface area contributed by atoms with E-state index >= 15 is 0 Å². The molecule has 0 fully saturated rings. The maximum atomic E-state index is 12.1. The number of rotatable bonds is 6. The van der Waals surface area contributed by atoms with E-state index in [9.17, 15) is 9.59 Å². The van der Waals surface area contributed by atoms with Gasteiger partial charge in [0.2, 0.25) is 0 Å². The zero-order valence-corrected chi connectivity index (χ0v) is 13.2. The molecule has 112 valence electrons. The highest BCUT2D eigenvalue weighted by atomic mass is 79.9. The topological polar surface area (TPSA) is 69.4 Å². The summed E-state index contributed by atoms with van der Waals surface area (Å²) in [6, 6.07) is 14.2. The molecular formula is C17H14BrNO3. The smallest absolute Gasteiger partial charge is 0.255 e. The maximum absolute atomic E-state index is 12.1. The molecule has 0 atom stereocenters. The lowest BCUT2D eigenvalue weighted by Gasteiger charge is -2.03. The van der Waals surface area contributed by atoms with Gasteiger partial charge in [0.1, 0.15) is 5.75 Å². The summed E-state index contributed by atoms with van der Waals surface area (Å²) in [4.78, 5) is 22.7. The number of amides is 1. The molecule has 0 aromatic heterocycles. The SMILES string of the molecule is NC(=O)COc1ccc(C(=O)/C=C/c2cccc(Br)c2)cc1. The summed E-state index contributed by atoms with van der Waals surface area (Å²) in [7, 11) is 0. The van der Waals surface area contributed by atoms with Crippen LogP contribution >= 0.6 is 15.9 Å². The van der Waals surface area contributed by atoms with Gasteiger partial charge < -0.3 is 10.5 Å². The van der Waals surface area contributed by atoms with Crippen LogP contribution in [0, 0.1) is 0 Å². The Morgan fingerprint density at radius 3 is 2.50 bits per heavy atom. The lowest BCUT2D eigenvalue weighted by molar-refractivity contribution is -0.119. The van der Waals surface area contributed by atoms with Crippen LogP contribution in [0.4, 0.5) is 0 Å². The molecule has 0 spiro atoms. The molecular weight excluding hydrogens is 346 g/mol. The van der Waals surface area contributed by atoms with Gasteiger partial charge in [0.15, 0.2) is 12.4 Å². The molecule has 0 aliphatic heterocycles. The van der Waals surface area contributed by atoms with E-state index in [1.165, 1.54) is 6.08 Å². The molecule has 2 N–H and O–H groups in total. The number of nitrogens with two attached hydrogens (primary N) is 1. The van der Waals surface area contributed by atoms with Crippen LogP contribution in [-0.4, -0.2) is 18.3 Å². The zero-order valence-electron chi connectivity index (χ0n) is 11.7. The number of primary amides is 1. The van der Waals surface area contributed by atoms with E-state index in [0.29, 0.717) is 11.3 Å². The van der Waals surface area contributed by atoms with Crippen LogP contribution in [0.15, 0.2) is 59.1 Å². The van der Waals surface area contributed by atoms with E-state index in [4.69, 9.17) is 10.5 Å². The fourth-order valence-electron chi connectivity index (χ4n) is 1.75. The first kappa shape index (κ1) is 16.0. The van der Waals surface area contributed by atoms with Crippen molar-refractivity contribution in [2.45, 2.75) is 0 Å². The molecule has 4 nitrogen and oxygen atoms in total.